The van der Waals surface area contributed by atoms with Crippen molar-refractivity contribution in [2.45, 2.75) is 0 Å². The number of nitrogens with zero attached hydrogens (tertiary/aromatic N) is 1. The zero-order chi connectivity index (χ0) is 37.0. The number of hydrogen-bond acceptors (Lipinski definition) is 2. The van der Waals surface area contributed by atoms with E-state index in [1.165, 1.54) is 54.6 Å². The van der Waals surface area contributed by atoms with Crippen LogP contribution in [0.5, 0.6) is 0 Å². The van der Waals surface area contributed by atoms with E-state index in [-0.39, 0.29) is 0 Å². The Morgan fingerprint density at radius 2 is 0.821 bits per heavy atom. The average molecular weight is 714 g/mol. The van der Waals surface area contributed by atoms with Crippen molar-refractivity contribution < 1.29 is 4.42 Å². The average Bonchev–Trinajstić information content (AvgIpc) is 3.66. The van der Waals surface area contributed by atoms with Crippen molar-refractivity contribution in [3.05, 3.63) is 212 Å². The predicted octanol–water partition coefficient (Wildman–Crippen LogP) is 15.5. The zero-order valence-electron chi connectivity index (χ0n) is 30.6. The first kappa shape index (κ1) is 32.0. The fourth-order valence-electron chi connectivity index (χ4n) is 8.52. The largest absolute Gasteiger partial charge is 0.456 e. The van der Waals surface area contributed by atoms with Crippen LogP contribution in [0.15, 0.2) is 217 Å². The molecular formula is C54H35NO. The maximum absolute atomic E-state index is 6.42. The summed E-state index contributed by atoms with van der Waals surface area (Å²) in [5, 5.41) is 9.73. The molecular weight excluding hydrogens is 679 g/mol. The highest BCUT2D eigenvalue weighted by Gasteiger charge is 2.20. The molecule has 10 aromatic carbocycles. The maximum atomic E-state index is 6.42. The van der Waals surface area contributed by atoms with Crippen molar-refractivity contribution in [3.63, 3.8) is 0 Å². The van der Waals surface area contributed by atoms with Crippen LogP contribution >= 0.6 is 0 Å². The summed E-state index contributed by atoms with van der Waals surface area (Å²) >= 11 is 0. The number of benzene rings is 10. The molecule has 0 aliphatic carbocycles. The molecule has 0 atom stereocenters. The fourth-order valence-corrected chi connectivity index (χ4v) is 8.52. The minimum Gasteiger partial charge on any atom is -0.456 e. The van der Waals surface area contributed by atoms with Gasteiger partial charge >= 0.3 is 0 Å². The van der Waals surface area contributed by atoms with E-state index in [4.69, 9.17) is 4.42 Å². The lowest BCUT2D eigenvalue weighted by atomic mass is 9.96. The van der Waals surface area contributed by atoms with Gasteiger partial charge in [-0.1, -0.05) is 164 Å². The van der Waals surface area contributed by atoms with Crippen LogP contribution in [-0.2, 0) is 0 Å². The van der Waals surface area contributed by atoms with Crippen molar-refractivity contribution in [3.8, 4) is 33.4 Å². The number of hydrogen-bond donors (Lipinski definition) is 0. The number of fused-ring (bicyclic) bond motifs is 7. The van der Waals surface area contributed by atoms with E-state index in [1.807, 2.05) is 6.07 Å². The van der Waals surface area contributed by atoms with Gasteiger partial charge in [0.1, 0.15) is 11.2 Å². The molecule has 0 amide bonds. The Kier molecular flexibility index (Phi) is 7.53. The topological polar surface area (TPSA) is 16.4 Å². The van der Waals surface area contributed by atoms with Gasteiger partial charge in [-0.3, -0.25) is 0 Å². The van der Waals surface area contributed by atoms with Crippen LogP contribution in [-0.4, -0.2) is 0 Å². The SMILES string of the molecule is c1cc(-c2ccc(-c3cccc4ccccc34)cc2)cc(N(c2cccc(-c3ccc4ccc5ccccc5c4c3)c2)c2cccc3oc4ccccc4c23)c1. The van der Waals surface area contributed by atoms with Crippen molar-refractivity contribution in [1.82, 2.24) is 0 Å². The number of rotatable bonds is 6. The Balaban J connectivity index is 1.06. The molecule has 11 rings (SSSR count). The van der Waals surface area contributed by atoms with E-state index in [1.54, 1.807) is 0 Å². The van der Waals surface area contributed by atoms with E-state index in [0.717, 1.165) is 50.1 Å². The van der Waals surface area contributed by atoms with Gasteiger partial charge in [-0.05, 0) is 114 Å². The molecule has 0 saturated heterocycles. The molecule has 2 heteroatoms. The van der Waals surface area contributed by atoms with Crippen molar-refractivity contribution in [2.75, 3.05) is 4.90 Å². The van der Waals surface area contributed by atoms with Gasteiger partial charge in [-0.2, -0.15) is 0 Å². The molecule has 0 fully saturated rings. The molecule has 0 bridgehead atoms. The van der Waals surface area contributed by atoms with Gasteiger partial charge in [0.2, 0.25) is 0 Å². The third-order valence-electron chi connectivity index (χ3n) is 11.2. The summed E-state index contributed by atoms with van der Waals surface area (Å²) in [6, 6.07) is 76.6. The van der Waals surface area contributed by atoms with Crippen LogP contribution < -0.4 is 4.90 Å². The van der Waals surface area contributed by atoms with E-state index in [2.05, 4.69) is 211 Å². The van der Waals surface area contributed by atoms with Crippen LogP contribution in [0.2, 0.25) is 0 Å². The first-order chi connectivity index (χ1) is 27.7. The lowest BCUT2D eigenvalue weighted by molar-refractivity contribution is 0.669. The second-order valence-electron chi connectivity index (χ2n) is 14.5. The first-order valence-electron chi connectivity index (χ1n) is 19.2. The summed E-state index contributed by atoms with van der Waals surface area (Å²) in [6.45, 7) is 0. The molecule has 0 N–H and O–H groups in total. The Labute approximate surface area is 325 Å². The highest BCUT2D eigenvalue weighted by atomic mass is 16.3. The van der Waals surface area contributed by atoms with Gasteiger partial charge in [-0.25, -0.2) is 0 Å². The molecule has 0 spiro atoms. The minimum absolute atomic E-state index is 0.867. The van der Waals surface area contributed by atoms with Crippen molar-refractivity contribution >= 4 is 71.3 Å². The summed E-state index contributed by atoms with van der Waals surface area (Å²) < 4.78 is 6.42. The fraction of sp³-hybridized carbons (Fsp3) is 0. The lowest BCUT2D eigenvalue weighted by Crippen LogP contribution is -2.10. The van der Waals surface area contributed by atoms with E-state index >= 15 is 0 Å². The Morgan fingerprint density at radius 1 is 0.304 bits per heavy atom. The molecule has 2 nitrogen and oxygen atoms in total. The predicted molar refractivity (Wildman–Crippen MR) is 237 cm³/mol. The molecule has 262 valence electrons. The van der Waals surface area contributed by atoms with Gasteiger partial charge in [0.05, 0.1) is 11.1 Å². The van der Waals surface area contributed by atoms with E-state index in [0.29, 0.717) is 0 Å². The molecule has 0 unspecified atom stereocenters. The van der Waals surface area contributed by atoms with Crippen molar-refractivity contribution in [2.24, 2.45) is 0 Å². The number of para-hydroxylation sites is 1. The molecule has 11 aromatic rings. The van der Waals surface area contributed by atoms with Gasteiger partial charge in [0, 0.05) is 16.8 Å². The van der Waals surface area contributed by atoms with Crippen molar-refractivity contribution in [1.29, 1.82) is 0 Å². The molecule has 0 aliphatic rings. The first-order valence-corrected chi connectivity index (χ1v) is 19.2. The van der Waals surface area contributed by atoms with Gasteiger partial charge in [-0.15, -0.1) is 0 Å². The Morgan fingerprint density at radius 3 is 1.61 bits per heavy atom. The molecule has 1 heterocycles. The summed E-state index contributed by atoms with van der Waals surface area (Å²) in [6.07, 6.45) is 0. The summed E-state index contributed by atoms with van der Waals surface area (Å²) in [4.78, 5) is 2.39. The minimum atomic E-state index is 0.867. The second-order valence-corrected chi connectivity index (χ2v) is 14.5. The molecule has 0 saturated carbocycles. The highest BCUT2D eigenvalue weighted by molar-refractivity contribution is 6.14. The maximum Gasteiger partial charge on any atom is 0.137 e. The summed E-state index contributed by atoms with van der Waals surface area (Å²) in [7, 11) is 0. The third kappa shape index (κ3) is 5.42. The molecule has 0 aliphatic heterocycles. The molecule has 0 radical (unpaired) electrons. The highest BCUT2D eigenvalue weighted by Crippen LogP contribution is 2.44. The Hall–Kier alpha value is -7.42. The second kappa shape index (κ2) is 13.2. The van der Waals surface area contributed by atoms with Crippen LogP contribution in [0, 0.1) is 0 Å². The van der Waals surface area contributed by atoms with Gasteiger partial charge in [0.25, 0.3) is 0 Å². The standard InChI is InChI=1S/C54H35NO/c1-3-18-46-37(11-1)13-9-21-47(46)39-27-25-36(26-28-39)41-14-7-16-44(33-41)55(51-22-10-24-53-54(51)49-20-5-6-23-52(49)56-53)45-17-8-15-42(34-45)43-32-31-40-30-29-38-12-2-4-19-48(38)50(40)35-43/h1-35H. The monoisotopic (exact) mass is 713 g/mol. The Bertz CT molecular complexity index is 3260. The van der Waals surface area contributed by atoms with Crippen LogP contribution in [0.1, 0.15) is 0 Å². The quantitative estimate of drug-likeness (QED) is 0.160. The van der Waals surface area contributed by atoms with Crippen LogP contribution in [0.3, 0.4) is 0 Å². The lowest BCUT2D eigenvalue weighted by Gasteiger charge is -2.27. The number of furan rings is 1. The summed E-state index contributed by atoms with van der Waals surface area (Å²) in [5.74, 6) is 0. The van der Waals surface area contributed by atoms with Crippen LogP contribution in [0.4, 0.5) is 17.1 Å². The summed E-state index contributed by atoms with van der Waals surface area (Å²) in [5.41, 5.74) is 12.1. The zero-order valence-corrected chi connectivity index (χ0v) is 30.6. The van der Waals surface area contributed by atoms with Gasteiger partial charge in [0.15, 0.2) is 0 Å². The van der Waals surface area contributed by atoms with Crippen LogP contribution in [0.25, 0.3) is 87.6 Å². The van der Waals surface area contributed by atoms with E-state index < -0.39 is 0 Å². The molecule has 56 heavy (non-hydrogen) atoms. The van der Waals surface area contributed by atoms with Gasteiger partial charge < -0.3 is 9.32 Å². The molecule has 1 aromatic heterocycles. The smallest absolute Gasteiger partial charge is 0.137 e. The normalized spacial score (nSPS) is 11.6. The van der Waals surface area contributed by atoms with E-state index in [9.17, 15) is 0 Å². The third-order valence-corrected chi connectivity index (χ3v) is 11.2. The number of anilines is 3.